The van der Waals surface area contributed by atoms with Crippen molar-refractivity contribution in [3.63, 3.8) is 0 Å². The van der Waals surface area contributed by atoms with Crippen molar-refractivity contribution in [1.29, 1.82) is 0 Å². The van der Waals surface area contributed by atoms with Gasteiger partial charge in [0.15, 0.2) is 8.80 Å². The van der Waals surface area contributed by atoms with Crippen LogP contribution in [0.5, 0.6) is 0 Å². The van der Waals surface area contributed by atoms with Gasteiger partial charge < -0.3 is 0 Å². The molecule has 0 fully saturated rings. The molecule has 0 amide bonds. The van der Waals surface area contributed by atoms with E-state index in [-0.39, 0.29) is 0 Å². The average molecular weight is 293 g/mol. The molecule has 3 aromatic carbocycles. The molecule has 21 heavy (non-hydrogen) atoms. The van der Waals surface area contributed by atoms with Crippen molar-refractivity contribution in [2.75, 3.05) is 0 Å². The second-order valence-electron chi connectivity index (χ2n) is 4.47. The largest absolute Gasteiger partial charge is 0.255 e. The highest BCUT2D eigenvalue weighted by molar-refractivity contribution is 6.95. The summed E-state index contributed by atoms with van der Waals surface area (Å²) in [4.78, 5) is 0. The summed E-state index contributed by atoms with van der Waals surface area (Å²) in [5.74, 6) is 0. The second-order valence-corrected chi connectivity index (χ2v) is 6.96. The fourth-order valence-corrected chi connectivity index (χ4v) is 4.89. The molecule has 0 unspecified atom stereocenters. The summed E-state index contributed by atoms with van der Waals surface area (Å²) in [5.41, 5.74) is 0. The van der Waals surface area contributed by atoms with Gasteiger partial charge in [0.1, 0.15) is 0 Å². The summed E-state index contributed by atoms with van der Waals surface area (Å²) in [6.45, 7) is 0. The molecule has 0 aliphatic heterocycles. The molecular formula is C18H17O2Si. The standard InChI is InChI=1S/C18H15Si.H2O2/c1-4-10-16(11-5-1)19(17-12-6-2-7-13-17)18-14-8-3-9-15-18;1-2/h1-15H;1-2H. The average Bonchev–Trinajstić information content (AvgIpc) is 2.60. The molecular weight excluding hydrogens is 276 g/mol. The Morgan fingerprint density at radius 1 is 0.429 bits per heavy atom. The lowest BCUT2D eigenvalue weighted by Gasteiger charge is -2.16. The van der Waals surface area contributed by atoms with Crippen LogP contribution in [0.2, 0.25) is 0 Å². The molecule has 1 radical (unpaired) electrons. The molecule has 3 heteroatoms. The fourth-order valence-electron chi connectivity index (χ4n) is 2.31. The summed E-state index contributed by atoms with van der Waals surface area (Å²) in [7, 11) is -0.877. The zero-order chi connectivity index (χ0) is 14.9. The maximum Gasteiger partial charge on any atom is 0.154 e. The van der Waals surface area contributed by atoms with Crippen molar-refractivity contribution < 1.29 is 10.5 Å². The first-order chi connectivity index (χ1) is 10.4. The third kappa shape index (κ3) is 3.89. The molecule has 3 rings (SSSR count). The van der Waals surface area contributed by atoms with Crippen molar-refractivity contribution in [2.24, 2.45) is 0 Å². The highest BCUT2D eigenvalue weighted by Crippen LogP contribution is 1.95. The molecule has 0 bridgehead atoms. The molecule has 0 saturated carbocycles. The van der Waals surface area contributed by atoms with E-state index >= 15 is 0 Å². The van der Waals surface area contributed by atoms with Crippen LogP contribution in [0, 0.1) is 0 Å². The molecule has 0 saturated heterocycles. The Morgan fingerprint density at radius 2 is 0.667 bits per heavy atom. The van der Waals surface area contributed by atoms with Crippen LogP contribution in [-0.2, 0) is 0 Å². The third-order valence-corrected chi connectivity index (χ3v) is 5.92. The van der Waals surface area contributed by atoms with Crippen LogP contribution in [0.15, 0.2) is 91.0 Å². The van der Waals surface area contributed by atoms with Gasteiger partial charge in [-0.05, 0) is 0 Å². The lowest BCUT2D eigenvalue weighted by atomic mass is 10.3. The normalized spacial score (nSPS) is 9.86. The van der Waals surface area contributed by atoms with Gasteiger partial charge in [0.2, 0.25) is 0 Å². The Hall–Kier alpha value is -2.20. The van der Waals surface area contributed by atoms with Crippen molar-refractivity contribution in [3.05, 3.63) is 91.0 Å². The first kappa shape index (κ1) is 15.2. The van der Waals surface area contributed by atoms with Gasteiger partial charge in [-0.2, -0.15) is 0 Å². The highest BCUT2D eigenvalue weighted by atomic mass is 28.3. The summed E-state index contributed by atoms with van der Waals surface area (Å²) in [6, 6.07) is 32.5. The molecule has 3 aromatic rings. The summed E-state index contributed by atoms with van der Waals surface area (Å²) >= 11 is 0. The molecule has 0 aromatic heterocycles. The van der Waals surface area contributed by atoms with E-state index < -0.39 is 8.80 Å². The van der Waals surface area contributed by atoms with Gasteiger partial charge in [-0.3, -0.25) is 10.5 Å². The van der Waals surface area contributed by atoms with E-state index in [9.17, 15) is 0 Å². The monoisotopic (exact) mass is 293 g/mol. The van der Waals surface area contributed by atoms with Crippen molar-refractivity contribution >= 4 is 24.4 Å². The lowest BCUT2D eigenvalue weighted by Crippen LogP contribution is -2.51. The van der Waals surface area contributed by atoms with Gasteiger partial charge in [0, 0.05) is 0 Å². The van der Waals surface area contributed by atoms with E-state index in [1.165, 1.54) is 15.6 Å². The maximum atomic E-state index is 6.00. The van der Waals surface area contributed by atoms with Gasteiger partial charge in [-0.15, -0.1) is 0 Å². The first-order valence-electron chi connectivity index (χ1n) is 6.68. The summed E-state index contributed by atoms with van der Waals surface area (Å²) < 4.78 is 0. The SMILES string of the molecule is OO.c1ccc([Si](c2ccccc2)c2ccccc2)cc1. The van der Waals surface area contributed by atoms with E-state index in [0.717, 1.165) is 0 Å². The van der Waals surface area contributed by atoms with Crippen LogP contribution in [0.4, 0.5) is 0 Å². The second kappa shape index (κ2) is 8.17. The van der Waals surface area contributed by atoms with Crippen molar-refractivity contribution in [2.45, 2.75) is 0 Å². The van der Waals surface area contributed by atoms with E-state index in [1.54, 1.807) is 0 Å². The first-order valence-corrected chi connectivity index (χ1v) is 8.18. The molecule has 0 spiro atoms. The minimum absolute atomic E-state index is 0.877. The highest BCUT2D eigenvalue weighted by Gasteiger charge is 2.18. The summed E-state index contributed by atoms with van der Waals surface area (Å²) in [5, 5.41) is 16.3. The molecule has 0 heterocycles. The number of hydrogen-bond donors (Lipinski definition) is 2. The molecule has 105 valence electrons. The minimum atomic E-state index is -0.877. The predicted molar refractivity (Wildman–Crippen MR) is 89.2 cm³/mol. The van der Waals surface area contributed by atoms with E-state index in [4.69, 9.17) is 10.5 Å². The Morgan fingerprint density at radius 3 is 0.905 bits per heavy atom. The van der Waals surface area contributed by atoms with Gasteiger partial charge in [-0.1, -0.05) is 107 Å². The van der Waals surface area contributed by atoms with Crippen LogP contribution < -0.4 is 15.6 Å². The topological polar surface area (TPSA) is 40.5 Å². The Labute approximate surface area is 126 Å². The lowest BCUT2D eigenvalue weighted by molar-refractivity contribution is -0.176. The van der Waals surface area contributed by atoms with E-state index in [0.29, 0.717) is 0 Å². The van der Waals surface area contributed by atoms with Gasteiger partial charge >= 0.3 is 0 Å². The van der Waals surface area contributed by atoms with Crippen LogP contribution in [-0.4, -0.2) is 19.3 Å². The Balaban J connectivity index is 0.000000774. The van der Waals surface area contributed by atoms with Crippen LogP contribution in [0.25, 0.3) is 0 Å². The van der Waals surface area contributed by atoms with Crippen LogP contribution in [0.1, 0.15) is 0 Å². The van der Waals surface area contributed by atoms with E-state index in [1.807, 2.05) is 0 Å². The zero-order valence-electron chi connectivity index (χ0n) is 11.6. The number of benzene rings is 3. The summed E-state index contributed by atoms with van der Waals surface area (Å²) in [6.07, 6.45) is 0. The number of hydrogen-bond acceptors (Lipinski definition) is 2. The predicted octanol–water partition coefficient (Wildman–Crippen LogP) is 2.22. The third-order valence-electron chi connectivity index (χ3n) is 3.19. The molecule has 0 aliphatic carbocycles. The van der Waals surface area contributed by atoms with Gasteiger partial charge in [0.25, 0.3) is 0 Å². The Bertz CT molecular complexity index is 533. The van der Waals surface area contributed by atoms with Gasteiger partial charge in [0.05, 0.1) is 0 Å². The van der Waals surface area contributed by atoms with Crippen molar-refractivity contribution in [3.8, 4) is 0 Å². The minimum Gasteiger partial charge on any atom is -0.255 e. The van der Waals surface area contributed by atoms with Gasteiger partial charge in [-0.25, -0.2) is 0 Å². The molecule has 0 atom stereocenters. The molecule has 2 nitrogen and oxygen atoms in total. The van der Waals surface area contributed by atoms with Crippen molar-refractivity contribution in [1.82, 2.24) is 0 Å². The molecule has 0 aliphatic rings. The Kier molecular flexibility index (Phi) is 5.91. The smallest absolute Gasteiger partial charge is 0.154 e. The quantitative estimate of drug-likeness (QED) is 0.336. The van der Waals surface area contributed by atoms with E-state index in [2.05, 4.69) is 91.0 Å². The zero-order valence-corrected chi connectivity index (χ0v) is 12.6. The van der Waals surface area contributed by atoms with Crippen LogP contribution >= 0.6 is 0 Å². The number of rotatable bonds is 3. The fraction of sp³-hybridized carbons (Fsp3) is 0. The maximum absolute atomic E-state index is 6.00. The molecule has 2 N–H and O–H groups in total. The van der Waals surface area contributed by atoms with Crippen LogP contribution in [0.3, 0.4) is 0 Å².